The third kappa shape index (κ3) is 3.94. The molecular formula is C29H32N2O3. The van der Waals surface area contributed by atoms with Crippen LogP contribution in [0.15, 0.2) is 54.6 Å². The molecule has 5 heteroatoms. The molecule has 1 atom stereocenters. The van der Waals surface area contributed by atoms with Gasteiger partial charge < -0.3 is 15.2 Å². The van der Waals surface area contributed by atoms with E-state index >= 15 is 0 Å². The first kappa shape index (κ1) is 22.5. The first-order valence-corrected chi connectivity index (χ1v) is 11.9. The number of nitrogens with two attached hydrogens (primary N) is 1. The maximum atomic E-state index is 12.9. The summed E-state index contributed by atoms with van der Waals surface area (Å²) in [5.74, 6) is 0.763. The number of carbonyl (C=O) groups is 1. The molecule has 2 N–H and O–H groups in total. The van der Waals surface area contributed by atoms with Gasteiger partial charge in [-0.3, -0.25) is 9.69 Å². The highest BCUT2D eigenvalue weighted by Gasteiger charge is 2.37. The minimum absolute atomic E-state index is 0.242. The van der Waals surface area contributed by atoms with Crippen molar-refractivity contribution in [2.24, 2.45) is 5.41 Å². The van der Waals surface area contributed by atoms with Crippen LogP contribution in [-0.2, 0) is 24.2 Å². The van der Waals surface area contributed by atoms with Crippen LogP contribution in [0.5, 0.6) is 11.5 Å². The van der Waals surface area contributed by atoms with Crippen LogP contribution in [0.4, 0.5) is 5.69 Å². The highest BCUT2D eigenvalue weighted by Crippen LogP contribution is 2.52. The zero-order chi connectivity index (χ0) is 24.0. The number of hydrogen-bond donors (Lipinski definition) is 1. The van der Waals surface area contributed by atoms with Crippen LogP contribution in [0.3, 0.4) is 0 Å². The lowest BCUT2D eigenvalue weighted by Gasteiger charge is -2.42. The fourth-order valence-corrected chi connectivity index (χ4v) is 5.17. The highest BCUT2D eigenvalue weighted by molar-refractivity contribution is 5.88. The molecule has 5 rings (SSSR count). The predicted molar refractivity (Wildman–Crippen MR) is 135 cm³/mol. The molecule has 34 heavy (non-hydrogen) atoms. The van der Waals surface area contributed by atoms with Gasteiger partial charge in [-0.15, -0.1) is 0 Å². The van der Waals surface area contributed by atoms with Gasteiger partial charge in [0.15, 0.2) is 11.5 Å². The lowest BCUT2D eigenvalue weighted by atomic mass is 9.76. The van der Waals surface area contributed by atoms with Crippen molar-refractivity contribution in [2.75, 3.05) is 19.4 Å². The van der Waals surface area contributed by atoms with Crippen LogP contribution in [0.1, 0.15) is 49.1 Å². The molecule has 1 aliphatic heterocycles. The summed E-state index contributed by atoms with van der Waals surface area (Å²) in [6, 6.07) is 19.0. The summed E-state index contributed by atoms with van der Waals surface area (Å²) in [4.78, 5) is 15.5. The van der Waals surface area contributed by atoms with Gasteiger partial charge >= 0.3 is 5.97 Å². The summed E-state index contributed by atoms with van der Waals surface area (Å²) in [5, 5.41) is 0. The highest BCUT2D eigenvalue weighted by atomic mass is 16.6. The van der Waals surface area contributed by atoms with Crippen molar-refractivity contribution < 1.29 is 14.3 Å². The molecule has 3 aromatic carbocycles. The van der Waals surface area contributed by atoms with Gasteiger partial charge in [-0.1, -0.05) is 36.4 Å². The molecule has 0 aromatic heterocycles. The average Bonchev–Trinajstić information content (AvgIpc) is 2.80. The first-order chi connectivity index (χ1) is 16.3. The number of nitrogens with zero attached hydrogens (tertiary/aromatic N) is 1. The maximum Gasteiger partial charge on any atom is 0.316 e. The Labute approximate surface area is 201 Å². The van der Waals surface area contributed by atoms with Gasteiger partial charge in [-0.25, -0.2) is 0 Å². The number of esters is 1. The van der Waals surface area contributed by atoms with Gasteiger partial charge in [0.2, 0.25) is 0 Å². The van der Waals surface area contributed by atoms with Crippen LogP contribution >= 0.6 is 0 Å². The van der Waals surface area contributed by atoms with E-state index in [0.717, 1.165) is 48.3 Å². The molecule has 3 aromatic rings. The number of anilines is 1. The lowest BCUT2D eigenvalue weighted by Crippen LogP contribution is -2.38. The molecule has 1 heterocycles. The van der Waals surface area contributed by atoms with Crippen molar-refractivity contribution in [2.45, 2.75) is 46.2 Å². The van der Waals surface area contributed by atoms with Crippen LogP contribution in [0, 0.1) is 5.41 Å². The van der Waals surface area contributed by atoms with E-state index in [-0.39, 0.29) is 12.0 Å². The summed E-state index contributed by atoms with van der Waals surface area (Å²) in [6.45, 7) is 7.45. The van der Waals surface area contributed by atoms with Crippen molar-refractivity contribution in [3.05, 3.63) is 76.9 Å². The van der Waals surface area contributed by atoms with E-state index in [1.807, 2.05) is 32.9 Å². The smallest absolute Gasteiger partial charge is 0.316 e. The normalized spacial score (nSPS) is 17.0. The molecule has 1 aliphatic carbocycles. The number of carbonyl (C=O) groups excluding carboxylic acids is 1. The number of rotatable bonds is 4. The van der Waals surface area contributed by atoms with E-state index in [9.17, 15) is 4.79 Å². The second-order valence-electron chi connectivity index (χ2n) is 10.3. The molecule has 0 amide bonds. The van der Waals surface area contributed by atoms with E-state index in [4.69, 9.17) is 15.2 Å². The molecular weight excluding hydrogens is 424 g/mol. The summed E-state index contributed by atoms with van der Waals surface area (Å²) in [7, 11) is 1.61. The summed E-state index contributed by atoms with van der Waals surface area (Å²) in [5.41, 5.74) is 13.5. The number of hydrogen-bond acceptors (Lipinski definition) is 5. The van der Waals surface area contributed by atoms with Gasteiger partial charge in [-0.2, -0.15) is 0 Å². The van der Waals surface area contributed by atoms with Crippen molar-refractivity contribution in [1.29, 1.82) is 0 Å². The van der Waals surface area contributed by atoms with E-state index in [1.165, 1.54) is 16.7 Å². The van der Waals surface area contributed by atoms with E-state index in [1.54, 1.807) is 7.11 Å². The van der Waals surface area contributed by atoms with Gasteiger partial charge in [0.1, 0.15) is 0 Å². The van der Waals surface area contributed by atoms with Crippen molar-refractivity contribution >= 4 is 11.7 Å². The minimum atomic E-state index is -0.632. The van der Waals surface area contributed by atoms with Crippen LogP contribution < -0.4 is 15.2 Å². The summed E-state index contributed by atoms with van der Waals surface area (Å²) < 4.78 is 11.7. The van der Waals surface area contributed by atoms with E-state index < -0.39 is 5.41 Å². The SMILES string of the molecule is COc1ccc2c(c1OC(=O)C(C)(C)C)-c1cc(N)cc3c1[C@@H](C2)N(Cc1ccccc1)CC3. The zero-order valence-electron chi connectivity index (χ0n) is 20.4. The van der Waals surface area contributed by atoms with E-state index in [2.05, 4.69) is 47.4 Å². The van der Waals surface area contributed by atoms with Gasteiger partial charge in [-0.05, 0) is 79.6 Å². The zero-order valence-corrected chi connectivity index (χ0v) is 20.4. The van der Waals surface area contributed by atoms with E-state index in [0.29, 0.717) is 11.5 Å². The molecule has 2 aliphatic rings. The monoisotopic (exact) mass is 456 g/mol. The third-order valence-corrected chi connectivity index (χ3v) is 6.88. The predicted octanol–water partition coefficient (Wildman–Crippen LogP) is 5.55. The van der Waals surface area contributed by atoms with Crippen molar-refractivity contribution in [3.63, 3.8) is 0 Å². The molecule has 176 valence electrons. The number of fused-ring (bicyclic) bond motifs is 2. The van der Waals surface area contributed by atoms with Crippen LogP contribution in [0.25, 0.3) is 11.1 Å². The Kier molecular flexibility index (Phi) is 5.61. The standard InChI is InChI=1S/C29H32N2O3/c1-29(2,3)28(32)34-27-24(33-4)11-10-19-15-23-25-20(14-21(30)16-22(25)26(19)27)12-13-31(23)17-18-8-6-5-7-9-18/h5-11,14,16,23H,12-13,15,17,30H2,1-4H3/t23-/m1/s1. The number of ether oxygens (including phenoxy) is 2. The van der Waals surface area contributed by atoms with Crippen molar-refractivity contribution in [1.82, 2.24) is 4.90 Å². The van der Waals surface area contributed by atoms with Crippen LogP contribution in [0.2, 0.25) is 0 Å². The molecule has 0 saturated carbocycles. The molecule has 0 bridgehead atoms. The first-order valence-electron chi connectivity index (χ1n) is 11.9. The Bertz CT molecular complexity index is 1240. The fourth-order valence-electron chi connectivity index (χ4n) is 5.17. The Morgan fingerprint density at radius 3 is 2.56 bits per heavy atom. The largest absolute Gasteiger partial charge is 0.493 e. The van der Waals surface area contributed by atoms with Crippen LogP contribution in [-0.4, -0.2) is 24.5 Å². The second kappa shape index (κ2) is 8.48. The fraction of sp³-hybridized carbons (Fsp3) is 0.345. The second-order valence-corrected chi connectivity index (χ2v) is 10.3. The van der Waals surface area contributed by atoms with Crippen molar-refractivity contribution in [3.8, 4) is 22.6 Å². The Morgan fingerprint density at radius 1 is 1.09 bits per heavy atom. The summed E-state index contributed by atoms with van der Waals surface area (Å²) >= 11 is 0. The third-order valence-electron chi connectivity index (χ3n) is 6.88. The number of benzene rings is 3. The summed E-state index contributed by atoms with van der Waals surface area (Å²) in [6.07, 6.45) is 1.78. The maximum absolute atomic E-state index is 12.9. The number of methoxy groups -OCH3 is 1. The molecule has 0 fully saturated rings. The molecule has 0 radical (unpaired) electrons. The Hall–Kier alpha value is -3.31. The van der Waals surface area contributed by atoms with Gasteiger partial charge in [0.25, 0.3) is 0 Å². The van der Waals surface area contributed by atoms with Gasteiger partial charge in [0, 0.05) is 30.4 Å². The average molecular weight is 457 g/mol. The van der Waals surface area contributed by atoms with Gasteiger partial charge in [0.05, 0.1) is 12.5 Å². The minimum Gasteiger partial charge on any atom is -0.493 e. The Balaban J connectivity index is 1.64. The molecule has 0 unspecified atom stereocenters. The quantitative estimate of drug-likeness (QED) is 0.317. The lowest BCUT2D eigenvalue weighted by molar-refractivity contribution is -0.143. The topological polar surface area (TPSA) is 64.8 Å². The molecule has 0 saturated heterocycles. The molecule has 0 spiro atoms. The Morgan fingerprint density at radius 2 is 1.85 bits per heavy atom. The number of nitrogen functional groups attached to an aromatic ring is 1. The molecule has 5 nitrogen and oxygen atoms in total.